The Morgan fingerprint density at radius 1 is 0.300 bits per heavy atom. The number of hydrogen-bond donors (Lipinski definition) is 0. The Hall–Kier alpha value is -3.90. The van der Waals surface area contributed by atoms with Gasteiger partial charge in [0.05, 0.1) is 0 Å². The van der Waals surface area contributed by atoms with Gasteiger partial charge in [0.1, 0.15) is 0 Å². The van der Waals surface area contributed by atoms with Gasteiger partial charge in [-0.2, -0.15) is 0 Å². The molecule has 0 atom stereocenters. The van der Waals surface area contributed by atoms with Crippen molar-refractivity contribution >= 4 is 32.3 Å². The van der Waals surface area contributed by atoms with Gasteiger partial charge in [-0.05, 0) is 60.6 Å². The quantitative estimate of drug-likeness (QED) is 0.264. The van der Waals surface area contributed by atoms with E-state index in [0.29, 0.717) is 0 Å². The number of rotatable bonds is 2. The van der Waals surface area contributed by atoms with Crippen molar-refractivity contribution in [3.05, 3.63) is 121 Å². The maximum Gasteiger partial charge on any atom is -0.00262 e. The molecule has 0 aromatic heterocycles. The predicted molar refractivity (Wildman–Crippen MR) is 130 cm³/mol. The van der Waals surface area contributed by atoms with Crippen molar-refractivity contribution in [3.8, 4) is 22.3 Å². The summed E-state index contributed by atoms with van der Waals surface area (Å²) in [6, 6.07) is 43.8. The monoisotopic (exact) mass is 380 g/mol. The lowest BCUT2D eigenvalue weighted by molar-refractivity contribution is 1.66. The Kier molecular flexibility index (Phi) is 3.89. The van der Waals surface area contributed by atoms with Crippen molar-refractivity contribution in [2.45, 2.75) is 0 Å². The van der Waals surface area contributed by atoms with Gasteiger partial charge in [-0.25, -0.2) is 0 Å². The van der Waals surface area contributed by atoms with Crippen LogP contribution in [0.1, 0.15) is 0 Å². The molecule has 0 aliphatic rings. The van der Waals surface area contributed by atoms with E-state index in [4.69, 9.17) is 0 Å². The maximum absolute atomic E-state index is 2.33. The van der Waals surface area contributed by atoms with Gasteiger partial charge in [-0.15, -0.1) is 0 Å². The van der Waals surface area contributed by atoms with E-state index in [0.717, 1.165) is 0 Å². The summed E-state index contributed by atoms with van der Waals surface area (Å²) in [5.74, 6) is 0. The highest BCUT2D eigenvalue weighted by Gasteiger charge is 2.16. The van der Waals surface area contributed by atoms with Crippen LogP contribution in [-0.2, 0) is 0 Å². The minimum atomic E-state index is 1.26. The van der Waals surface area contributed by atoms with Crippen molar-refractivity contribution in [1.29, 1.82) is 0 Å². The molecule has 0 heterocycles. The molecule has 0 N–H and O–H groups in total. The lowest BCUT2D eigenvalue weighted by Crippen LogP contribution is -1.90. The Morgan fingerprint density at radius 2 is 0.767 bits per heavy atom. The van der Waals surface area contributed by atoms with Crippen molar-refractivity contribution < 1.29 is 0 Å². The second-order valence-corrected chi connectivity index (χ2v) is 7.77. The maximum atomic E-state index is 2.33. The molecular weight excluding hydrogens is 360 g/mol. The third kappa shape index (κ3) is 2.62. The van der Waals surface area contributed by atoms with Gasteiger partial charge in [0, 0.05) is 0 Å². The van der Waals surface area contributed by atoms with Gasteiger partial charge < -0.3 is 0 Å². The van der Waals surface area contributed by atoms with Crippen molar-refractivity contribution in [2.24, 2.45) is 0 Å². The van der Waals surface area contributed by atoms with Crippen LogP contribution < -0.4 is 0 Å². The van der Waals surface area contributed by atoms with Crippen LogP contribution in [0.5, 0.6) is 0 Å². The van der Waals surface area contributed by atoms with Crippen LogP contribution in [0.3, 0.4) is 0 Å². The minimum absolute atomic E-state index is 1.26. The summed E-state index contributed by atoms with van der Waals surface area (Å²) in [7, 11) is 0. The Labute approximate surface area is 176 Å². The summed E-state index contributed by atoms with van der Waals surface area (Å²) >= 11 is 0. The lowest BCUT2D eigenvalue weighted by Gasteiger charge is -2.18. The van der Waals surface area contributed by atoms with Gasteiger partial charge in [-0.3, -0.25) is 0 Å². The topological polar surface area (TPSA) is 0 Å². The summed E-state index contributed by atoms with van der Waals surface area (Å²) in [6.45, 7) is 0. The van der Waals surface area contributed by atoms with E-state index in [1.54, 1.807) is 0 Å². The van der Waals surface area contributed by atoms with Gasteiger partial charge in [0.25, 0.3) is 0 Å². The molecule has 30 heavy (non-hydrogen) atoms. The van der Waals surface area contributed by atoms with E-state index in [-0.39, 0.29) is 0 Å². The first-order chi connectivity index (χ1) is 14.9. The zero-order chi connectivity index (χ0) is 19.9. The van der Waals surface area contributed by atoms with E-state index >= 15 is 0 Å². The summed E-state index contributed by atoms with van der Waals surface area (Å²) in [5.41, 5.74) is 5.15. The van der Waals surface area contributed by atoms with Crippen LogP contribution >= 0.6 is 0 Å². The molecule has 0 amide bonds. The highest BCUT2D eigenvalue weighted by molar-refractivity contribution is 6.21. The molecule has 0 aliphatic carbocycles. The summed E-state index contributed by atoms with van der Waals surface area (Å²) in [5, 5.41) is 7.73. The molecule has 140 valence electrons. The molecule has 0 spiro atoms. The molecule has 0 heteroatoms. The molecule has 0 radical (unpaired) electrons. The zero-order valence-electron chi connectivity index (χ0n) is 16.5. The standard InChI is InChI=1S/C30H20/c1-2-11-22(12-3-1)29-25-14-6-8-16-27(25)30(28-17-9-7-15-26(28)29)24-19-18-21-10-4-5-13-23(21)20-24/h1-20H. The molecule has 0 bridgehead atoms. The second kappa shape index (κ2) is 6.86. The first-order valence-electron chi connectivity index (χ1n) is 10.4. The highest BCUT2D eigenvalue weighted by Crippen LogP contribution is 2.43. The van der Waals surface area contributed by atoms with Crippen molar-refractivity contribution in [3.63, 3.8) is 0 Å². The number of benzene rings is 6. The summed E-state index contributed by atoms with van der Waals surface area (Å²) in [6.07, 6.45) is 0. The molecular formula is C30H20. The average Bonchev–Trinajstić information content (AvgIpc) is 2.82. The Morgan fingerprint density at radius 3 is 1.37 bits per heavy atom. The molecule has 6 rings (SSSR count). The van der Waals surface area contributed by atoms with E-state index < -0.39 is 0 Å². The van der Waals surface area contributed by atoms with Crippen LogP contribution in [0.4, 0.5) is 0 Å². The first kappa shape index (κ1) is 17.0. The van der Waals surface area contributed by atoms with Crippen LogP contribution in [0.15, 0.2) is 121 Å². The fourth-order valence-corrected chi connectivity index (χ4v) is 4.70. The molecule has 0 saturated heterocycles. The van der Waals surface area contributed by atoms with Crippen molar-refractivity contribution in [2.75, 3.05) is 0 Å². The normalized spacial score (nSPS) is 11.3. The molecule has 6 aromatic carbocycles. The Balaban J connectivity index is 1.79. The van der Waals surface area contributed by atoms with Crippen LogP contribution in [0, 0.1) is 0 Å². The lowest BCUT2D eigenvalue weighted by atomic mass is 9.85. The third-order valence-electron chi connectivity index (χ3n) is 6.03. The summed E-state index contributed by atoms with van der Waals surface area (Å²) < 4.78 is 0. The van der Waals surface area contributed by atoms with Crippen LogP contribution in [0.25, 0.3) is 54.6 Å². The smallest absolute Gasteiger partial charge is 0.00262 e. The molecule has 0 aliphatic heterocycles. The molecule has 0 nitrogen and oxygen atoms in total. The minimum Gasteiger partial charge on any atom is -0.0622 e. The average molecular weight is 380 g/mol. The first-order valence-corrected chi connectivity index (χ1v) is 10.4. The zero-order valence-corrected chi connectivity index (χ0v) is 16.5. The van der Waals surface area contributed by atoms with E-state index in [1.807, 2.05) is 0 Å². The third-order valence-corrected chi connectivity index (χ3v) is 6.03. The van der Waals surface area contributed by atoms with Crippen molar-refractivity contribution in [1.82, 2.24) is 0 Å². The summed E-state index contributed by atoms with van der Waals surface area (Å²) in [4.78, 5) is 0. The highest BCUT2D eigenvalue weighted by atomic mass is 14.2. The largest absolute Gasteiger partial charge is 0.0622 e. The fourth-order valence-electron chi connectivity index (χ4n) is 4.70. The fraction of sp³-hybridized carbons (Fsp3) is 0. The van der Waals surface area contributed by atoms with Gasteiger partial charge >= 0.3 is 0 Å². The van der Waals surface area contributed by atoms with E-state index in [9.17, 15) is 0 Å². The molecule has 0 unspecified atom stereocenters. The molecule has 0 saturated carbocycles. The molecule has 0 fully saturated rings. The number of hydrogen-bond acceptors (Lipinski definition) is 0. The van der Waals surface area contributed by atoms with Crippen LogP contribution in [0.2, 0.25) is 0 Å². The van der Waals surface area contributed by atoms with Gasteiger partial charge in [0.15, 0.2) is 0 Å². The van der Waals surface area contributed by atoms with Crippen LogP contribution in [-0.4, -0.2) is 0 Å². The SMILES string of the molecule is c1ccc(-c2c3ccccc3c(-c3ccc4ccccc4c3)c3ccccc23)cc1. The van der Waals surface area contributed by atoms with E-state index in [2.05, 4.69) is 121 Å². The Bertz CT molecular complexity index is 1470. The van der Waals surface area contributed by atoms with E-state index in [1.165, 1.54) is 54.6 Å². The predicted octanol–water partition coefficient (Wildman–Crippen LogP) is 8.48. The van der Waals surface area contributed by atoms with Gasteiger partial charge in [-0.1, -0.05) is 115 Å². The molecule has 6 aromatic rings. The second-order valence-electron chi connectivity index (χ2n) is 7.77. The number of fused-ring (bicyclic) bond motifs is 3. The van der Waals surface area contributed by atoms with Gasteiger partial charge in [0.2, 0.25) is 0 Å².